The monoisotopic (exact) mass is 432 g/mol. The zero-order chi connectivity index (χ0) is 21.4. The van der Waals surface area contributed by atoms with Crippen LogP contribution in [0.2, 0.25) is 10.0 Å². The molecule has 0 saturated carbocycles. The van der Waals surface area contributed by atoms with Crippen LogP contribution in [0.4, 0.5) is 5.69 Å². The number of ether oxygens (including phenoxy) is 2. The second-order valence-corrected chi connectivity index (χ2v) is 7.01. The molecule has 152 valence electrons. The van der Waals surface area contributed by atoms with Crippen LogP contribution in [0.5, 0.6) is 11.5 Å². The smallest absolute Gasteiger partial charge is 0.266 e. The molecule has 0 aliphatic heterocycles. The summed E-state index contributed by atoms with van der Waals surface area (Å²) in [5.41, 5.74) is 1.87. The standard InChI is InChI=1S/C22H22Cl2N2O3/c1-4-8-29-21-19(24)10-15(11-20(21)28-5-2)9-16(13-25)22(27)26-17-7-6-14(3)18(23)12-17/h6-7,9-12H,4-5,8H2,1-3H3,(H,26,27)/b16-9+. The van der Waals surface area contributed by atoms with E-state index in [1.807, 2.05) is 26.8 Å². The quantitative estimate of drug-likeness (QED) is 0.407. The Hall–Kier alpha value is -2.68. The lowest BCUT2D eigenvalue weighted by molar-refractivity contribution is -0.112. The molecule has 5 nitrogen and oxygen atoms in total. The van der Waals surface area contributed by atoms with Crippen LogP contribution >= 0.6 is 23.2 Å². The molecule has 0 fully saturated rings. The molecule has 0 bridgehead atoms. The van der Waals surface area contributed by atoms with Gasteiger partial charge in [0.05, 0.1) is 18.2 Å². The summed E-state index contributed by atoms with van der Waals surface area (Å²) in [5, 5.41) is 13.0. The van der Waals surface area contributed by atoms with Crippen molar-refractivity contribution in [2.24, 2.45) is 0 Å². The molecular weight excluding hydrogens is 411 g/mol. The molecule has 2 rings (SSSR count). The first-order valence-electron chi connectivity index (χ1n) is 9.18. The number of rotatable bonds is 8. The van der Waals surface area contributed by atoms with E-state index >= 15 is 0 Å². The molecule has 0 aromatic heterocycles. The molecule has 0 saturated heterocycles. The van der Waals surface area contributed by atoms with E-state index in [9.17, 15) is 10.1 Å². The number of nitrogens with one attached hydrogen (secondary N) is 1. The van der Waals surface area contributed by atoms with Crippen molar-refractivity contribution in [3.63, 3.8) is 0 Å². The minimum atomic E-state index is -0.548. The molecule has 1 amide bonds. The fourth-order valence-electron chi connectivity index (χ4n) is 2.46. The zero-order valence-corrected chi connectivity index (χ0v) is 18.0. The molecule has 0 radical (unpaired) electrons. The topological polar surface area (TPSA) is 71.3 Å². The summed E-state index contributed by atoms with van der Waals surface area (Å²) < 4.78 is 11.3. The number of amides is 1. The lowest BCUT2D eigenvalue weighted by Gasteiger charge is -2.14. The average molecular weight is 433 g/mol. The highest BCUT2D eigenvalue weighted by Crippen LogP contribution is 2.37. The predicted octanol–water partition coefficient (Wildman–Crippen LogP) is 6.04. The van der Waals surface area contributed by atoms with Gasteiger partial charge in [0.15, 0.2) is 11.5 Å². The fraction of sp³-hybridized carbons (Fsp3) is 0.273. The van der Waals surface area contributed by atoms with Gasteiger partial charge < -0.3 is 14.8 Å². The normalized spacial score (nSPS) is 11.0. The predicted molar refractivity (Wildman–Crippen MR) is 117 cm³/mol. The van der Waals surface area contributed by atoms with Crippen molar-refractivity contribution in [3.8, 4) is 17.6 Å². The third-order valence-electron chi connectivity index (χ3n) is 3.89. The molecule has 0 unspecified atom stereocenters. The highest BCUT2D eigenvalue weighted by Gasteiger charge is 2.15. The van der Waals surface area contributed by atoms with Crippen LogP contribution in [0.25, 0.3) is 6.08 Å². The van der Waals surface area contributed by atoms with Crippen molar-refractivity contribution in [2.45, 2.75) is 27.2 Å². The Kier molecular flexibility index (Phi) is 8.38. The fourth-order valence-corrected chi connectivity index (χ4v) is 2.92. The first-order valence-corrected chi connectivity index (χ1v) is 9.93. The number of benzene rings is 2. The Morgan fingerprint density at radius 3 is 2.55 bits per heavy atom. The first kappa shape index (κ1) is 22.6. The third kappa shape index (κ3) is 6.15. The van der Waals surface area contributed by atoms with E-state index in [1.54, 1.807) is 30.3 Å². The lowest BCUT2D eigenvalue weighted by atomic mass is 10.1. The number of hydrogen-bond donors (Lipinski definition) is 1. The van der Waals surface area contributed by atoms with Crippen molar-refractivity contribution < 1.29 is 14.3 Å². The van der Waals surface area contributed by atoms with Crippen molar-refractivity contribution in [1.82, 2.24) is 0 Å². The summed E-state index contributed by atoms with van der Waals surface area (Å²) in [6.45, 7) is 6.62. The van der Waals surface area contributed by atoms with Gasteiger partial charge >= 0.3 is 0 Å². The molecule has 0 atom stereocenters. The highest BCUT2D eigenvalue weighted by molar-refractivity contribution is 6.32. The lowest BCUT2D eigenvalue weighted by Crippen LogP contribution is -2.13. The molecule has 0 spiro atoms. The number of aryl methyl sites for hydroxylation is 1. The van der Waals surface area contributed by atoms with Gasteiger partial charge in [-0.2, -0.15) is 5.26 Å². The SMILES string of the molecule is CCCOc1c(Cl)cc(/C=C(\C#N)C(=O)Nc2ccc(C)c(Cl)c2)cc1OCC. The molecule has 1 N–H and O–H groups in total. The molecule has 29 heavy (non-hydrogen) atoms. The van der Waals surface area contributed by atoms with Crippen molar-refractivity contribution in [1.29, 1.82) is 5.26 Å². The van der Waals surface area contributed by atoms with E-state index in [1.165, 1.54) is 6.08 Å². The van der Waals surface area contributed by atoms with E-state index in [4.69, 9.17) is 32.7 Å². The van der Waals surface area contributed by atoms with Gasteiger partial charge in [-0.05, 0) is 61.7 Å². The van der Waals surface area contributed by atoms with Gasteiger partial charge in [0.1, 0.15) is 11.6 Å². The van der Waals surface area contributed by atoms with Crippen LogP contribution in [0.1, 0.15) is 31.4 Å². The second kappa shape index (κ2) is 10.8. The van der Waals surface area contributed by atoms with E-state index in [0.717, 1.165) is 12.0 Å². The van der Waals surface area contributed by atoms with Gasteiger partial charge in [-0.3, -0.25) is 4.79 Å². The molecule has 7 heteroatoms. The van der Waals surface area contributed by atoms with Gasteiger partial charge in [-0.1, -0.05) is 36.2 Å². The van der Waals surface area contributed by atoms with Crippen molar-refractivity contribution >= 4 is 40.9 Å². The van der Waals surface area contributed by atoms with Gasteiger partial charge in [0, 0.05) is 10.7 Å². The van der Waals surface area contributed by atoms with Crippen LogP contribution in [-0.4, -0.2) is 19.1 Å². The summed E-state index contributed by atoms with van der Waals surface area (Å²) in [6.07, 6.45) is 2.27. The van der Waals surface area contributed by atoms with Crippen molar-refractivity contribution in [3.05, 3.63) is 57.1 Å². The number of nitriles is 1. The van der Waals surface area contributed by atoms with Gasteiger partial charge in [-0.15, -0.1) is 0 Å². The van der Waals surface area contributed by atoms with Gasteiger partial charge in [-0.25, -0.2) is 0 Å². The Morgan fingerprint density at radius 1 is 1.17 bits per heavy atom. The summed E-state index contributed by atoms with van der Waals surface area (Å²) in [5.74, 6) is 0.361. The molecule has 0 aliphatic carbocycles. The molecule has 2 aromatic rings. The summed E-state index contributed by atoms with van der Waals surface area (Å²) in [6, 6.07) is 10.4. The molecule has 2 aromatic carbocycles. The maximum atomic E-state index is 12.5. The minimum Gasteiger partial charge on any atom is -0.490 e. The largest absolute Gasteiger partial charge is 0.490 e. The summed E-state index contributed by atoms with van der Waals surface area (Å²) in [7, 11) is 0. The number of carbonyl (C=O) groups excluding carboxylic acids is 1. The van der Waals surface area contributed by atoms with Crippen LogP contribution in [0.15, 0.2) is 35.9 Å². The van der Waals surface area contributed by atoms with E-state index in [-0.39, 0.29) is 5.57 Å². The third-order valence-corrected chi connectivity index (χ3v) is 4.58. The van der Waals surface area contributed by atoms with Crippen LogP contribution in [0.3, 0.4) is 0 Å². The second-order valence-electron chi connectivity index (χ2n) is 6.20. The first-order chi connectivity index (χ1) is 13.9. The zero-order valence-electron chi connectivity index (χ0n) is 16.5. The number of hydrogen-bond acceptors (Lipinski definition) is 4. The average Bonchev–Trinajstić information content (AvgIpc) is 2.68. The Morgan fingerprint density at radius 2 is 1.93 bits per heavy atom. The molecule has 0 aliphatic rings. The Balaban J connectivity index is 2.32. The van der Waals surface area contributed by atoms with Gasteiger partial charge in [0.2, 0.25) is 0 Å². The van der Waals surface area contributed by atoms with E-state index < -0.39 is 5.91 Å². The van der Waals surface area contributed by atoms with Crippen LogP contribution in [0, 0.1) is 18.3 Å². The number of carbonyl (C=O) groups is 1. The maximum Gasteiger partial charge on any atom is 0.266 e. The summed E-state index contributed by atoms with van der Waals surface area (Å²) in [4.78, 5) is 12.5. The van der Waals surface area contributed by atoms with E-state index in [2.05, 4.69) is 5.32 Å². The van der Waals surface area contributed by atoms with Crippen LogP contribution < -0.4 is 14.8 Å². The maximum absolute atomic E-state index is 12.5. The highest BCUT2D eigenvalue weighted by atomic mass is 35.5. The van der Waals surface area contributed by atoms with Gasteiger partial charge in [0.25, 0.3) is 5.91 Å². The number of nitrogens with zero attached hydrogens (tertiary/aromatic N) is 1. The molecule has 0 heterocycles. The van der Waals surface area contributed by atoms with E-state index in [0.29, 0.717) is 46.0 Å². The number of anilines is 1. The number of halogens is 2. The molecular formula is C22H22Cl2N2O3. The minimum absolute atomic E-state index is 0.0811. The Labute approximate surface area is 180 Å². The van der Waals surface area contributed by atoms with Crippen molar-refractivity contribution in [2.75, 3.05) is 18.5 Å². The van der Waals surface area contributed by atoms with Crippen LogP contribution in [-0.2, 0) is 4.79 Å². The summed E-state index contributed by atoms with van der Waals surface area (Å²) >= 11 is 12.4. The Bertz CT molecular complexity index is 965.